The molecular weight excluding hydrogens is 288 g/mol. The molecule has 0 aliphatic heterocycles. The van der Waals surface area contributed by atoms with E-state index in [0.717, 1.165) is 7.11 Å². The van der Waals surface area contributed by atoms with Crippen LogP contribution in [0.2, 0.25) is 0 Å². The van der Waals surface area contributed by atoms with E-state index in [1.54, 1.807) is 4.72 Å². The molecule has 0 radical (unpaired) electrons. The van der Waals surface area contributed by atoms with E-state index in [9.17, 15) is 13.2 Å². The fraction of sp³-hybridized carbons (Fsp3) is 0.857. The quantitative estimate of drug-likeness (QED) is 0.728. The van der Waals surface area contributed by atoms with Gasteiger partial charge in [-0.25, -0.2) is 9.52 Å². The van der Waals surface area contributed by atoms with E-state index in [1.165, 1.54) is 0 Å². The number of carbonyl (C=O) groups is 1. The summed E-state index contributed by atoms with van der Waals surface area (Å²) >= 11 is 3.26. The maximum absolute atomic E-state index is 11.2. The molecule has 8 heteroatoms. The highest BCUT2D eigenvalue weighted by Gasteiger charge is 2.21. The second-order valence-corrected chi connectivity index (χ2v) is 5.78. The van der Waals surface area contributed by atoms with Crippen LogP contribution in [0.4, 0.5) is 4.79 Å². The summed E-state index contributed by atoms with van der Waals surface area (Å²) in [4.78, 5) is 10.7. The zero-order valence-electron chi connectivity index (χ0n) is 8.83. The maximum atomic E-state index is 11.2. The summed E-state index contributed by atoms with van der Waals surface area (Å²) in [6, 6.07) is 0. The lowest BCUT2D eigenvalue weighted by atomic mass is 9.98. The summed E-state index contributed by atoms with van der Waals surface area (Å²) < 4.78 is 30.5. The van der Waals surface area contributed by atoms with Crippen molar-refractivity contribution < 1.29 is 17.9 Å². The van der Waals surface area contributed by atoms with Gasteiger partial charge in [-0.1, -0.05) is 29.8 Å². The Morgan fingerprint density at radius 2 is 2.00 bits per heavy atom. The summed E-state index contributed by atoms with van der Waals surface area (Å²) in [6.07, 6.45) is -1.01. The van der Waals surface area contributed by atoms with Crippen LogP contribution in [0, 0.1) is 5.41 Å². The predicted octanol–water partition coefficient (Wildman–Crippen LogP) is 0.598. The zero-order chi connectivity index (χ0) is 12.1. The number of hydrogen-bond acceptors (Lipinski definition) is 4. The molecule has 0 atom stereocenters. The molecule has 6 nitrogen and oxygen atoms in total. The van der Waals surface area contributed by atoms with Crippen molar-refractivity contribution in [2.75, 3.05) is 19.0 Å². The van der Waals surface area contributed by atoms with Crippen molar-refractivity contribution in [1.29, 1.82) is 0 Å². The summed E-state index contributed by atoms with van der Waals surface area (Å²) in [5.74, 6) is 0. The van der Waals surface area contributed by atoms with Crippen LogP contribution in [-0.4, -0.2) is 33.5 Å². The van der Waals surface area contributed by atoms with Gasteiger partial charge in [-0.05, 0) is 5.41 Å². The first-order valence-corrected chi connectivity index (χ1v) is 6.74. The van der Waals surface area contributed by atoms with Crippen molar-refractivity contribution in [3.8, 4) is 0 Å². The van der Waals surface area contributed by atoms with Gasteiger partial charge in [0.2, 0.25) is 0 Å². The second-order valence-electron chi connectivity index (χ2n) is 3.72. The zero-order valence-corrected chi connectivity index (χ0v) is 11.2. The van der Waals surface area contributed by atoms with Crippen molar-refractivity contribution in [3.05, 3.63) is 0 Å². The smallest absolute Gasteiger partial charge is 0.421 e. The highest BCUT2D eigenvalue weighted by Crippen LogP contribution is 2.16. The van der Waals surface area contributed by atoms with Crippen LogP contribution >= 0.6 is 15.9 Å². The first-order valence-electron chi connectivity index (χ1n) is 4.14. The SMILES string of the molecule is COC(=O)NS(=O)(=O)NCC(C)(C)CBr. The van der Waals surface area contributed by atoms with Gasteiger partial charge in [-0.15, -0.1) is 0 Å². The Labute approximate surface area is 98.1 Å². The number of rotatable bonds is 5. The molecule has 0 spiro atoms. The van der Waals surface area contributed by atoms with Crippen LogP contribution < -0.4 is 9.44 Å². The van der Waals surface area contributed by atoms with E-state index < -0.39 is 16.3 Å². The lowest BCUT2D eigenvalue weighted by Gasteiger charge is -2.21. The Balaban J connectivity index is 4.23. The molecule has 0 saturated carbocycles. The van der Waals surface area contributed by atoms with E-state index in [4.69, 9.17) is 0 Å². The van der Waals surface area contributed by atoms with Gasteiger partial charge in [0.05, 0.1) is 7.11 Å². The van der Waals surface area contributed by atoms with Crippen LogP contribution in [0.5, 0.6) is 0 Å². The minimum atomic E-state index is -3.83. The highest BCUT2D eigenvalue weighted by atomic mass is 79.9. The molecule has 0 aromatic carbocycles. The number of methoxy groups -OCH3 is 1. The molecule has 2 N–H and O–H groups in total. The molecule has 0 aliphatic rings. The minimum absolute atomic E-state index is 0.213. The van der Waals surface area contributed by atoms with Crippen molar-refractivity contribution in [2.45, 2.75) is 13.8 Å². The third kappa shape index (κ3) is 6.69. The Kier molecular flexibility index (Phi) is 5.54. The van der Waals surface area contributed by atoms with E-state index in [2.05, 4.69) is 25.4 Å². The third-order valence-corrected chi connectivity index (χ3v) is 3.98. The van der Waals surface area contributed by atoms with E-state index in [1.807, 2.05) is 13.8 Å². The Hall–Kier alpha value is -0.340. The monoisotopic (exact) mass is 302 g/mol. The number of hydrogen-bond donors (Lipinski definition) is 2. The van der Waals surface area contributed by atoms with Gasteiger partial charge < -0.3 is 4.74 Å². The molecule has 15 heavy (non-hydrogen) atoms. The third-order valence-electron chi connectivity index (χ3n) is 1.51. The average molecular weight is 303 g/mol. The molecule has 1 amide bonds. The number of amides is 1. The highest BCUT2D eigenvalue weighted by molar-refractivity contribution is 9.09. The van der Waals surface area contributed by atoms with Crippen LogP contribution in [-0.2, 0) is 14.9 Å². The van der Waals surface area contributed by atoms with Crippen molar-refractivity contribution in [1.82, 2.24) is 9.44 Å². The van der Waals surface area contributed by atoms with Crippen LogP contribution in [0.1, 0.15) is 13.8 Å². The first-order chi connectivity index (χ1) is 6.72. The normalized spacial score (nSPS) is 12.3. The maximum Gasteiger partial charge on any atom is 0.421 e. The molecule has 0 bridgehead atoms. The molecular formula is C7H15BrN2O4S. The summed E-state index contributed by atoms with van der Waals surface area (Å²) in [6.45, 7) is 3.97. The van der Waals surface area contributed by atoms with Crippen LogP contribution in [0.25, 0.3) is 0 Å². The largest absolute Gasteiger partial charge is 0.452 e. The van der Waals surface area contributed by atoms with E-state index >= 15 is 0 Å². The van der Waals surface area contributed by atoms with Gasteiger partial charge in [-0.3, -0.25) is 0 Å². The molecule has 0 fully saturated rings. The topological polar surface area (TPSA) is 84.5 Å². The summed E-state index contributed by atoms with van der Waals surface area (Å²) in [5, 5.41) is 0.640. The van der Waals surface area contributed by atoms with Crippen LogP contribution in [0.15, 0.2) is 0 Å². The summed E-state index contributed by atoms with van der Waals surface area (Å²) in [5.41, 5.74) is -0.231. The van der Waals surface area contributed by atoms with Gasteiger partial charge in [-0.2, -0.15) is 13.1 Å². The Morgan fingerprint density at radius 3 is 2.40 bits per heavy atom. The second kappa shape index (κ2) is 5.66. The first kappa shape index (κ1) is 14.7. The number of carbonyl (C=O) groups excluding carboxylic acids is 1. The molecule has 0 aliphatic carbocycles. The molecule has 0 aromatic rings. The standard InChI is InChI=1S/C7H15BrN2O4S/c1-7(2,4-8)5-9-15(12,13)10-6(11)14-3/h9H,4-5H2,1-3H3,(H,10,11). The number of ether oxygens (including phenoxy) is 1. The molecule has 0 aromatic heterocycles. The van der Waals surface area contributed by atoms with Gasteiger partial charge in [0.1, 0.15) is 0 Å². The average Bonchev–Trinajstić information content (AvgIpc) is 2.14. The lowest BCUT2D eigenvalue weighted by Crippen LogP contribution is -2.44. The van der Waals surface area contributed by atoms with Gasteiger partial charge in [0, 0.05) is 11.9 Å². The molecule has 0 heterocycles. The van der Waals surface area contributed by atoms with Crippen molar-refractivity contribution >= 4 is 32.2 Å². The van der Waals surface area contributed by atoms with Crippen molar-refractivity contribution in [2.24, 2.45) is 5.41 Å². The summed E-state index contributed by atoms with van der Waals surface area (Å²) in [7, 11) is -2.74. The fourth-order valence-electron chi connectivity index (χ4n) is 0.525. The van der Waals surface area contributed by atoms with Gasteiger partial charge in [0.25, 0.3) is 0 Å². The fourth-order valence-corrected chi connectivity index (χ4v) is 1.68. The van der Waals surface area contributed by atoms with E-state index in [-0.39, 0.29) is 12.0 Å². The number of nitrogens with one attached hydrogen (secondary N) is 2. The molecule has 0 saturated heterocycles. The molecule has 0 rings (SSSR count). The number of halogens is 1. The van der Waals surface area contributed by atoms with Gasteiger partial charge in [0.15, 0.2) is 0 Å². The predicted molar refractivity (Wildman–Crippen MR) is 60.0 cm³/mol. The van der Waals surface area contributed by atoms with Crippen molar-refractivity contribution in [3.63, 3.8) is 0 Å². The Morgan fingerprint density at radius 1 is 1.47 bits per heavy atom. The minimum Gasteiger partial charge on any atom is -0.452 e. The van der Waals surface area contributed by atoms with E-state index in [0.29, 0.717) is 5.33 Å². The molecule has 90 valence electrons. The number of alkyl halides is 1. The van der Waals surface area contributed by atoms with Crippen LogP contribution in [0.3, 0.4) is 0 Å². The van der Waals surface area contributed by atoms with Gasteiger partial charge >= 0.3 is 16.3 Å². The Bertz CT molecular complexity index is 315. The molecule has 0 unspecified atom stereocenters. The lowest BCUT2D eigenvalue weighted by molar-refractivity contribution is 0.177.